The van der Waals surface area contributed by atoms with Crippen molar-refractivity contribution in [3.05, 3.63) is 47.0 Å². The number of hydrogen-bond donors (Lipinski definition) is 0. The number of allylic oxidation sites excluding steroid dienone is 3. The normalized spacial score (nSPS) is 18.4. The van der Waals surface area contributed by atoms with Crippen molar-refractivity contribution in [3.63, 3.8) is 0 Å². The average Bonchev–Trinajstić information content (AvgIpc) is 2.38. The van der Waals surface area contributed by atoms with Crippen molar-refractivity contribution in [1.82, 2.24) is 0 Å². The van der Waals surface area contributed by atoms with Crippen LogP contribution < -0.4 is 18.9 Å². The SMILES string of the molecule is CN(C)c1ccc(C2=CC=[Se](O[Cl+3]([O-])([O-])[O-])C=C2)cc1. The summed E-state index contributed by atoms with van der Waals surface area (Å²) in [4.78, 5) is 5.31. The fourth-order valence-electron chi connectivity index (χ4n) is 1.66. The Morgan fingerprint density at radius 2 is 1.75 bits per heavy atom. The monoisotopic (exact) mass is 363 g/mol. The summed E-state index contributed by atoms with van der Waals surface area (Å²) < 4.78 is 35.9. The van der Waals surface area contributed by atoms with E-state index in [1.54, 1.807) is 22.0 Å². The third-order valence-corrected chi connectivity index (χ3v) is 6.51. The van der Waals surface area contributed by atoms with E-state index in [0.717, 1.165) is 16.8 Å². The van der Waals surface area contributed by atoms with Gasteiger partial charge in [0.2, 0.25) is 0 Å². The van der Waals surface area contributed by atoms with E-state index in [-0.39, 0.29) is 0 Å². The third kappa shape index (κ3) is 4.26. The van der Waals surface area contributed by atoms with Crippen molar-refractivity contribution in [1.29, 1.82) is 0 Å². The van der Waals surface area contributed by atoms with Gasteiger partial charge in [-0.25, -0.2) is 0 Å². The van der Waals surface area contributed by atoms with Crippen LogP contribution in [0.25, 0.3) is 5.57 Å². The summed E-state index contributed by atoms with van der Waals surface area (Å²) in [6, 6.07) is 7.99. The first-order valence-electron chi connectivity index (χ1n) is 5.69. The average molecular weight is 363 g/mol. The zero-order valence-electron chi connectivity index (χ0n) is 11.0. The van der Waals surface area contributed by atoms with Crippen LogP contribution in [0.2, 0.25) is 0 Å². The van der Waals surface area contributed by atoms with Gasteiger partial charge in [0, 0.05) is 0 Å². The third-order valence-electron chi connectivity index (χ3n) is 2.63. The Morgan fingerprint density at radius 1 is 1.10 bits per heavy atom. The van der Waals surface area contributed by atoms with Crippen molar-refractivity contribution < 1.29 is 27.6 Å². The fraction of sp³-hybridized carbons (Fsp3) is 0.154. The number of halogens is 1. The van der Waals surface area contributed by atoms with E-state index < -0.39 is 24.0 Å². The topological polar surface area (TPSA) is 81.7 Å². The zero-order valence-corrected chi connectivity index (χ0v) is 13.5. The Hall–Kier alpha value is -0.981. The molecular formula is C13H14ClNO4Se. The summed E-state index contributed by atoms with van der Waals surface area (Å²) >= 11 is -2.10. The molecule has 1 aromatic rings. The van der Waals surface area contributed by atoms with Crippen molar-refractivity contribution in [2.24, 2.45) is 0 Å². The Morgan fingerprint density at radius 3 is 2.20 bits per heavy atom. The van der Waals surface area contributed by atoms with Crippen LogP contribution in [-0.2, 0) is 3.37 Å². The molecule has 0 fully saturated rings. The van der Waals surface area contributed by atoms with Crippen LogP contribution in [0.4, 0.5) is 5.69 Å². The molecule has 1 unspecified atom stereocenters. The molecular weight excluding hydrogens is 349 g/mol. The molecule has 0 radical (unpaired) electrons. The van der Waals surface area contributed by atoms with Crippen LogP contribution in [0.1, 0.15) is 5.56 Å². The van der Waals surface area contributed by atoms with Crippen molar-refractivity contribution in [2.45, 2.75) is 0 Å². The second-order valence-electron chi connectivity index (χ2n) is 4.27. The van der Waals surface area contributed by atoms with Crippen molar-refractivity contribution in [2.75, 3.05) is 19.0 Å². The van der Waals surface area contributed by atoms with E-state index in [9.17, 15) is 14.0 Å². The number of anilines is 1. The summed E-state index contributed by atoms with van der Waals surface area (Å²) in [5.41, 5.74) is 3.08. The zero-order chi connectivity index (χ0) is 14.8. The molecule has 0 aliphatic carbocycles. The molecule has 7 heteroatoms. The first-order chi connectivity index (χ1) is 9.35. The molecule has 108 valence electrons. The molecule has 0 bridgehead atoms. The number of nitrogens with zero attached hydrogens (tertiary/aromatic N) is 1. The molecule has 1 atom stereocenters. The van der Waals surface area contributed by atoms with Crippen LogP contribution >= 0.6 is 0 Å². The minimum atomic E-state index is -4.36. The van der Waals surface area contributed by atoms with Gasteiger partial charge >= 0.3 is 124 Å². The predicted molar refractivity (Wildman–Crippen MR) is 70.8 cm³/mol. The molecule has 0 saturated heterocycles. The second-order valence-corrected chi connectivity index (χ2v) is 8.47. The predicted octanol–water partition coefficient (Wildman–Crippen LogP) is -1.47. The van der Waals surface area contributed by atoms with E-state index in [2.05, 4.69) is 3.37 Å². The Labute approximate surface area is 123 Å². The molecule has 0 aromatic heterocycles. The van der Waals surface area contributed by atoms with Crippen LogP contribution in [0.3, 0.4) is 0 Å². The van der Waals surface area contributed by atoms with Gasteiger partial charge in [-0.1, -0.05) is 0 Å². The van der Waals surface area contributed by atoms with Crippen molar-refractivity contribution >= 4 is 30.0 Å². The van der Waals surface area contributed by atoms with E-state index >= 15 is 0 Å². The quantitative estimate of drug-likeness (QED) is 0.611. The minimum absolute atomic E-state index is 0.957. The van der Waals surface area contributed by atoms with Gasteiger partial charge in [0.15, 0.2) is 0 Å². The van der Waals surface area contributed by atoms with Crippen molar-refractivity contribution in [3.8, 4) is 0 Å². The van der Waals surface area contributed by atoms with Gasteiger partial charge in [0.05, 0.1) is 0 Å². The first kappa shape index (κ1) is 15.4. The summed E-state index contributed by atoms with van der Waals surface area (Å²) in [7, 11) is -0.420. The molecule has 1 aliphatic rings. The van der Waals surface area contributed by atoms with E-state index in [0.29, 0.717) is 0 Å². The van der Waals surface area contributed by atoms with Crippen LogP contribution in [-0.4, -0.2) is 32.8 Å². The number of benzene rings is 1. The molecule has 20 heavy (non-hydrogen) atoms. The Balaban J connectivity index is 2.14. The summed E-state index contributed by atoms with van der Waals surface area (Å²) in [5, 5.41) is 0. The molecule has 0 spiro atoms. The van der Waals surface area contributed by atoms with Gasteiger partial charge in [-0.2, -0.15) is 0 Å². The van der Waals surface area contributed by atoms with Gasteiger partial charge in [-0.15, -0.1) is 0 Å². The second kappa shape index (κ2) is 6.20. The van der Waals surface area contributed by atoms with Gasteiger partial charge < -0.3 is 0 Å². The van der Waals surface area contributed by atoms with Crippen LogP contribution in [0.5, 0.6) is 0 Å². The summed E-state index contributed by atoms with van der Waals surface area (Å²) in [6.07, 6.45) is 3.58. The van der Waals surface area contributed by atoms with Gasteiger partial charge in [0.25, 0.3) is 0 Å². The summed E-state index contributed by atoms with van der Waals surface area (Å²) in [6.45, 7) is 0. The van der Waals surface area contributed by atoms with E-state index in [1.165, 1.54) is 0 Å². The maximum absolute atomic E-state index is 10.5. The molecule has 0 amide bonds. The number of hydrogen-bond acceptors (Lipinski definition) is 5. The summed E-state index contributed by atoms with van der Waals surface area (Å²) in [5.74, 6) is 0. The molecule has 0 saturated carbocycles. The maximum atomic E-state index is 10.5. The van der Waals surface area contributed by atoms with Gasteiger partial charge in [-0.3, -0.25) is 0 Å². The Bertz CT molecular complexity index is 573. The van der Waals surface area contributed by atoms with Gasteiger partial charge in [0.1, 0.15) is 0 Å². The molecule has 1 aromatic carbocycles. The first-order valence-corrected chi connectivity index (χ1v) is 9.60. The fourth-order valence-corrected chi connectivity index (χ4v) is 4.94. The van der Waals surface area contributed by atoms with Gasteiger partial charge in [-0.05, 0) is 0 Å². The molecule has 0 N–H and O–H groups in total. The van der Waals surface area contributed by atoms with E-state index in [1.807, 2.05) is 43.3 Å². The molecule has 2 rings (SSSR count). The van der Waals surface area contributed by atoms with Crippen LogP contribution in [0.15, 0.2) is 41.4 Å². The van der Waals surface area contributed by atoms with E-state index in [4.69, 9.17) is 0 Å². The molecule has 1 aliphatic heterocycles. The standard InChI is InChI=1S/C13H14ClNO4Se/c1-15(2)13-5-3-11(4-6-13)12-7-9-20(10-8-12)19-14(16,17)18/h3-10H,1-2H3. The van der Waals surface area contributed by atoms with Crippen LogP contribution in [0, 0.1) is 10.2 Å². The molecule has 5 nitrogen and oxygen atoms in total. The Kier molecular flexibility index (Phi) is 4.78. The number of rotatable bonds is 4. The molecule has 1 heterocycles.